The number of carbonyl (C=O) groups excluding carboxylic acids is 3. The molecule has 3 heterocycles. The number of hydrogen-bond acceptors (Lipinski definition) is 6. The van der Waals surface area contributed by atoms with Gasteiger partial charge in [0.05, 0.1) is 17.9 Å². The molecule has 0 aromatic heterocycles. The van der Waals surface area contributed by atoms with Crippen molar-refractivity contribution in [2.75, 3.05) is 43.5 Å². The van der Waals surface area contributed by atoms with Gasteiger partial charge in [-0.1, -0.05) is 12.8 Å². The van der Waals surface area contributed by atoms with Crippen molar-refractivity contribution in [1.82, 2.24) is 10.2 Å². The first-order valence-corrected chi connectivity index (χ1v) is 13.4. The maximum absolute atomic E-state index is 13.8. The molecule has 2 bridgehead atoms. The van der Waals surface area contributed by atoms with Crippen molar-refractivity contribution >= 4 is 29.1 Å². The highest BCUT2D eigenvalue weighted by atomic mass is 16.5. The maximum atomic E-state index is 13.8. The standard InChI is InChI=1S/C27H40N4O5/c1-4-30(5-2)19-12-10-18(11-13-19)29-25(34)23-27-15-14-20(36-27)21(24(33)28-3)22(27)26(35)31(23)16-8-6-7-9-17-32/h10-13,20-23,32H,4-9,14-17H2,1-3H3,(H,28,33)(H,29,34)/t20-,21+,22+,23?,27?/m1/s1. The molecule has 1 aromatic carbocycles. The van der Waals surface area contributed by atoms with E-state index in [-0.39, 0.29) is 30.4 Å². The zero-order valence-electron chi connectivity index (χ0n) is 21.7. The second kappa shape index (κ2) is 11.2. The Labute approximate surface area is 213 Å². The van der Waals surface area contributed by atoms with E-state index in [0.29, 0.717) is 25.1 Å². The van der Waals surface area contributed by atoms with Gasteiger partial charge in [0.2, 0.25) is 17.7 Å². The quantitative estimate of drug-likeness (QED) is 0.379. The molecule has 9 nitrogen and oxygen atoms in total. The fourth-order valence-corrected chi connectivity index (χ4v) is 6.46. The van der Waals surface area contributed by atoms with Crippen LogP contribution in [0.1, 0.15) is 52.4 Å². The van der Waals surface area contributed by atoms with Gasteiger partial charge in [-0.05, 0) is 63.8 Å². The molecule has 0 aliphatic carbocycles. The Bertz CT molecular complexity index is 950. The predicted molar refractivity (Wildman–Crippen MR) is 138 cm³/mol. The number of likely N-dealkylation sites (tertiary alicyclic amines) is 1. The second-order valence-corrected chi connectivity index (χ2v) is 10.0. The number of anilines is 2. The van der Waals surface area contributed by atoms with E-state index < -0.39 is 23.5 Å². The zero-order chi connectivity index (χ0) is 25.9. The molecule has 9 heteroatoms. The van der Waals surface area contributed by atoms with Crippen molar-refractivity contribution in [2.24, 2.45) is 11.8 Å². The van der Waals surface area contributed by atoms with Crippen LogP contribution < -0.4 is 15.5 Å². The average molecular weight is 501 g/mol. The van der Waals surface area contributed by atoms with Crippen molar-refractivity contribution in [3.05, 3.63) is 24.3 Å². The summed E-state index contributed by atoms with van der Waals surface area (Å²) in [6, 6.07) is 6.96. The number of unbranched alkanes of at least 4 members (excludes halogenated alkanes) is 3. The third kappa shape index (κ3) is 4.59. The summed E-state index contributed by atoms with van der Waals surface area (Å²) in [5.41, 5.74) is 0.778. The number of aliphatic hydroxyl groups excluding tert-OH is 1. The number of amides is 3. The molecule has 1 aromatic rings. The molecule has 198 valence electrons. The number of nitrogens with zero attached hydrogens (tertiary/aromatic N) is 2. The van der Waals surface area contributed by atoms with Gasteiger partial charge in [-0.2, -0.15) is 0 Å². The van der Waals surface area contributed by atoms with Crippen LogP contribution in [0.3, 0.4) is 0 Å². The van der Waals surface area contributed by atoms with Crippen LogP contribution in [0.25, 0.3) is 0 Å². The first-order chi connectivity index (χ1) is 17.4. The topological polar surface area (TPSA) is 111 Å². The van der Waals surface area contributed by atoms with Gasteiger partial charge in [0, 0.05) is 44.7 Å². The normalized spacial score (nSPS) is 28.3. The van der Waals surface area contributed by atoms with Crippen molar-refractivity contribution in [3.8, 4) is 0 Å². The fourth-order valence-electron chi connectivity index (χ4n) is 6.46. The van der Waals surface area contributed by atoms with Crippen LogP contribution in [0.2, 0.25) is 0 Å². The third-order valence-corrected chi connectivity index (χ3v) is 8.17. The number of ether oxygens (including phenoxy) is 1. The van der Waals surface area contributed by atoms with Gasteiger partial charge in [-0.25, -0.2) is 0 Å². The van der Waals surface area contributed by atoms with E-state index in [4.69, 9.17) is 9.84 Å². The molecule has 3 aliphatic heterocycles. The smallest absolute Gasteiger partial charge is 0.250 e. The Kier molecular flexibility index (Phi) is 8.20. The average Bonchev–Trinajstić information content (AvgIpc) is 3.52. The Morgan fingerprint density at radius 1 is 1.11 bits per heavy atom. The molecule has 3 saturated heterocycles. The van der Waals surface area contributed by atoms with Crippen molar-refractivity contribution < 1.29 is 24.2 Å². The largest absolute Gasteiger partial charge is 0.396 e. The van der Waals surface area contributed by atoms with Crippen LogP contribution in [0.5, 0.6) is 0 Å². The van der Waals surface area contributed by atoms with Gasteiger partial charge in [0.25, 0.3) is 0 Å². The van der Waals surface area contributed by atoms with Gasteiger partial charge < -0.3 is 30.3 Å². The summed E-state index contributed by atoms with van der Waals surface area (Å²) in [5, 5.41) is 14.8. The van der Waals surface area contributed by atoms with Crippen molar-refractivity contribution in [3.63, 3.8) is 0 Å². The lowest BCUT2D eigenvalue weighted by Gasteiger charge is -2.33. The van der Waals surface area contributed by atoms with E-state index in [0.717, 1.165) is 44.5 Å². The van der Waals surface area contributed by atoms with Crippen molar-refractivity contribution in [1.29, 1.82) is 0 Å². The lowest BCUT2D eigenvalue weighted by atomic mass is 9.70. The van der Waals surface area contributed by atoms with Crippen LogP contribution in [-0.4, -0.2) is 78.8 Å². The van der Waals surface area contributed by atoms with E-state index >= 15 is 0 Å². The van der Waals surface area contributed by atoms with Gasteiger partial charge in [-0.15, -0.1) is 0 Å². The Morgan fingerprint density at radius 3 is 2.44 bits per heavy atom. The number of benzene rings is 1. The van der Waals surface area contributed by atoms with E-state index in [9.17, 15) is 14.4 Å². The molecule has 36 heavy (non-hydrogen) atoms. The molecular formula is C27H40N4O5. The Balaban J connectivity index is 1.57. The second-order valence-electron chi connectivity index (χ2n) is 10.0. The summed E-state index contributed by atoms with van der Waals surface area (Å²) in [4.78, 5) is 44.1. The number of rotatable bonds is 12. The van der Waals surface area contributed by atoms with Gasteiger partial charge in [0.15, 0.2) is 0 Å². The molecule has 0 radical (unpaired) electrons. The highest BCUT2D eigenvalue weighted by molar-refractivity contribution is 6.03. The summed E-state index contributed by atoms with van der Waals surface area (Å²) in [7, 11) is 1.57. The molecule has 3 fully saturated rings. The van der Waals surface area contributed by atoms with Gasteiger partial charge in [0.1, 0.15) is 11.6 Å². The summed E-state index contributed by atoms with van der Waals surface area (Å²) >= 11 is 0. The number of carbonyl (C=O) groups is 3. The molecule has 3 aliphatic rings. The molecule has 0 saturated carbocycles. The maximum Gasteiger partial charge on any atom is 0.250 e. The SMILES string of the molecule is CCN(CC)c1ccc(NC(=O)C2N(CCCCCCO)C(=O)[C@@H]3[C@@H](C(=O)NC)[C@H]4CCC23O4)cc1. The summed E-state index contributed by atoms with van der Waals surface area (Å²) in [5.74, 6) is -1.84. The summed E-state index contributed by atoms with van der Waals surface area (Å²) in [6.45, 7) is 6.58. The molecule has 1 spiro atoms. The van der Waals surface area contributed by atoms with Crippen molar-refractivity contribution in [2.45, 2.75) is 70.1 Å². The van der Waals surface area contributed by atoms with Gasteiger partial charge >= 0.3 is 0 Å². The number of aliphatic hydroxyl groups is 1. The summed E-state index contributed by atoms with van der Waals surface area (Å²) in [6.07, 6.45) is 4.07. The number of nitrogens with one attached hydrogen (secondary N) is 2. The van der Waals surface area contributed by atoms with E-state index in [2.05, 4.69) is 29.4 Å². The first-order valence-electron chi connectivity index (χ1n) is 13.4. The minimum atomic E-state index is -0.977. The van der Waals surface area contributed by atoms with Gasteiger partial charge in [-0.3, -0.25) is 14.4 Å². The lowest BCUT2D eigenvalue weighted by Crippen LogP contribution is -2.53. The minimum absolute atomic E-state index is 0.148. The van der Waals surface area contributed by atoms with E-state index in [1.54, 1.807) is 11.9 Å². The van der Waals surface area contributed by atoms with Crippen LogP contribution in [0, 0.1) is 11.8 Å². The predicted octanol–water partition coefficient (Wildman–Crippen LogP) is 2.14. The molecule has 4 rings (SSSR count). The van der Waals surface area contributed by atoms with E-state index in [1.165, 1.54) is 0 Å². The lowest BCUT2D eigenvalue weighted by molar-refractivity contribution is -0.140. The highest BCUT2D eigenvalue weighted by Crippen LogP contribution is 2.58. The molecule has 2 unspecified atom stereocenters. The molecule has 3 N–H and O–H groups in total. The highest BCUT2D eigenvalue weighted by Gasteiger charge is 2.74. The number of hydrogen-bond donors (Lipinski definition) is 3. The Morgan fingerprint density at radius 2 is 1.81 bits per heavy atom. The van der Waals surface area contributed by atoms with Crippen LogP contribution >= 0.6 is 0 Å². The van der Waals surface area contributed by atoms with E-state index in [1.807, 2.05) is 24.3 Å². The zero-order valence-corrected chi connectivity index (χ0v) is 21.7. The van der Waals surface area contributed by atoms with Crippen LogP contribution in [0.15, 0.2) is 24.3 Å². The summed E-state index contributed by atoms with van der Waals surface area (Å²) < 4.78 is 6.39. The monoisotopic (exact) mass is 500 g/mol. The first kappa shape index (κ1) is 26.4. The molecule has 3 amide bonds. The van der Waals surface area contributed by atoms with Crippen LogP contribution in [-0.2, 0) is 19.1 Å². The minimum Gasteiger partial charge on any atom is -0.396 e. The number of fused-ring (bicyclic) bond motifs is 1. The third-order valence-electron chi connectivity index (χ3n) is 8.17. The molecular weight excluding hydrogens is 460 g/mol. The fraction of sp³-hybridized carbons (Fsp3) is 0.667. The van der Waals surface area contributed by atoms with Crippen LogP contribution in [0.4, 0.5) is 11.4 Å². The Hall–Kier alpha value is -2.65. The molecule has 5 atom stereocenters.